The van der Waals surface area contributed by atoms with Gasteiger partial charge in [-0.05, 0) is 43.7 Å². The number of ether oxygens (including phenoxy) is 1. The summed E-state index contributed by atoms with van der Waals surface area (Å²) in [5.41, 5.74) is 3.75. The summed E-state index contributed by atoms with van der Waals surface area (Å²) in [6.45, 7) is 2.83. The molecule has 7 nitrogen and oxygen atoms in total. The number of aliphatic hydroxyl groups excluding tert-OH is 1. The lowest BCUT2D eigenvalue weighted by Gasteiger charge is -2.17. The minimum absolute atomic E-state index is 0.0758. The van der Waals surface area contributed by atoms with E-state index in [1.807, 2.05) is 37.3 Å². The average molecular weight is 497 g/mol. The predicted molar refractivity (Wildman–Crippen MR) is 131 cm³/mol. The van der Waals surface area contributed by atoms with Gasteiger partial charge < -0.3 is 14.7 Å². The van der Waals surface area contributed by atoms with E-state index in [-0.39, 0.29) is 12.0 Å². The molecule has 0 spiro atoms. The summed E-state index contributed by atoms with van der Waals surface area (Å²) in [6, 6.07) is 13.0. The van der Waals surface area contributed by atoms with Crippen LogP contribution in [0.4, 0.5) is 0 Å². The Morgan fingerprint density at radius 1 is 1.18 bits per heavy atom. The number of likely N-dealkylation sites (tertiary alicyclic amines) is 1. The van der Waals surface area contributed by atoms with Gasteiger partial charge in [0.2, 0.25) is 0 Å². The summed E-state index contributed by atoms with van der Waals surface area (Å²) < 4.78 is 6.14. The van der Waals surface area contributed by atoms with Gasteiger partial charge in [-0.25, -0.2) is 0 Å². The van der Waals surface area contributed by atoms with Gasteiger partial charge in [0.05, 0.1) is 21.7 Å². The van der Waals surface area contributed by atoms with Crippen LogP contribution in [0.1, 0.15) is 35.4 Å². The minimum atomic E-state index is -0.441. The van der Waals surface area contributed by atoms with Gasteiger partial charge in [-0.1, -0.05) is 35.3 Å². The third-order valence-corrected chi connectivity index (χ3v) is 6.60. The number of hydrogen-bond acceptors (Lipinski definition) is 5. The van der Waals surface area contributed by atoms with Crippen molar-refractivity contribution >= 4 is 40.0 Å². The van der Waals surface area contributed by atoms with Crippen molar-refractivity contribution in [1.29, 1.82) is 0 Å². The van der Waals surface area contributed by atoms with Crippen LogP contribution in [0.25, 0.3) is 22.2 Å². The first-order valence-electron chi connectivity index (χ1n) is 10.9. The number of β-amino-alcohol motifs (C(OH)–C–C–N with tert-alkyl or cyclic N) is 1. The van der Waals surface area contributed by atoms with Crippen molar-refractivity contribution in [3.63, 3.8) is 0 Å². The molecule has 4 aromatic rings. The Hall–Kier alpha value is -3.13. The van der Waals surface area contributed by atoms with Crippen molar-refractivity contribution < 1.29 is 14.6 Å². The Morgan fingerprint density at radius 3 is 2.59 bits per heavy atom. The third-order valence-electron chi connectivity index (χ3n) is 6.00. The van der Waals surface area contributed by atoms with Gasteiger partial charge in [-0.2, -0.15) is 5.10 Å². The largest absolute Gasteiger partial charge is 0.486 e. The number of nitrogens with zero attached hydrogens (tertiary/aromatic N) is 3. The fourth-order valence-electron chi connectivity index (χ4n) is 4.24. The van der Waals surface area contributed by atoms with E-state index in [9.17, 15) is 9.90 Å². The lowest BCUT2D eigenvalue weighted by Crippen LogP contribution is -2.29. The summed E-state index contributed by atoms with van der Waals surface area (Å²) >= 11 is 12.6. The maximum Gasteiger partial charge on any atom is 0.253 e. The molecule has 1 fully saturated rings. The number of hydrogen-bond donors (Lipinski definition) is 2. The van der Waals surface area contributed by atoms with Crippen molar-refractivity contribution in [2.45, 2.75) is 25.6 Å². The Labute approximate surface area is 206 Å². The zero-order chi connectivity index (χ0) is 23.8. The van der Waals surface area contributed by atoms with Gasteiger partial charge >= 0.3 is 0 Å². The predicted octanol–water partition coefficient (Wildman–Crippen LogP) is 5.28. The van der Waals surface area contributed by atoms with Gasteiger partial charge in [0, 0.05) is 47.6 Å². The Morgan fingerprint density at radius 2 is 1.91 bits per heavy atom. The van der Waals surface area contributed by atoms with E-state index in [0.717, 1.165) is 22.2 Å². The van der Waals surface area contributed by atoms with Gasteiger partial charge in [0.15, 0.2) is 0 Å². The van der Waals surface area contributed by atoms with Crippen LogP contribution in [-0.2, 0) is 0 Å². The van der Waals surface area contributed by atoms with Crippen LogP contribution in [0.15, 0.2) is 54.9 Å². The van der Waals surface area contributed by atoms with Crippen molar-refractivity contribution in [1.82, 2.24) is 20.1 Å². The van der Waals surface area contributed by atoms with Crippen LogP contribution < -0.4 is 4.74 Å². The molecule has 5 rings (SSSR count). The van der Waals surface area contributed by atoms with Gasteiger partial charge in [0.25, 0.3) is 5.91 Å². The Bertz CT molecular complexity index is 1340. The molecule has 2 aromatic carbocycles. The number of carbonyl (C=O) groups is 1. The number of aromatic amines is 1. The summed E-state index contributed by atoms with van der Waals surface area (Å²) in [5.74, 6) is 0.569. The van der Waals surface area contributed by atoms with Crippen LogP contribution in [0, 0.1) is 0 Å². The highest BCUT2D eigenvalue weighted by Crippen LogP contribution is 2.35. The fraction of sp³-hybridized carbons (Fsp3) is 0.240. The van der Waals surface area contributed by atoms with Gasteiger partial charge in [-0.15, -0.1) is 0 Å². The first-order valence-corrected chi connectivity index (χ1v) is 11.7. The molecule has 2 N–H and O–H groups in total. The van der Waals surface area contributed by atoms with Gasteiger partial charge in [-0.3, -0.25) is 14.9 Å². The molecule has 174 valence electrons. The molecule has 3 heterocycles. The molecule has 1 aliphatic heterocycles. The van der Waals surface area contributed by atoms with E-state index in [1.54, 1.807) is 29.4 Å². The molecule has 0 radical (unpaired) electrons. The smallest absolute Gasteiger partial charge is 0.253 e. The number of aliphatic hydroxyl groups is 1. The standard InChI is InChI=1S/C25H22Cl2N4O3/c1-14(23-20(26)11-28-12-21(23)27)34-18-6-7-22-19(10-18)24(30-29-22)15-2-4-16(5-3-15)25(33)31-9-8-17(32)13-31/h2-7,10-12,14,17,32H,8-9,13H2,1H3,(H,29,30). The molecule has 0 aliphatic carbocycles. The van der Waals surface area contributed by atoms with E-state index < -0.39 is 6.10 Å². The number of fused-ring (bicyclic) bond motifs is 1. The lowest BCUT2D eigenvalue weighted by atomic mass is 10.0. The van der Waals surface area contributed by atoms with Crippen molar-refractivity contribution in [2.24, 2.45) is 0 Å². The Kier molecular flexibility index (Phi) is 6.16. The summed E-state index contributed by atoms with van der Waals surface area (Å²) in [5, 5.41) is 19.0. The SMILES string of the molecule is CC(Oc1ccc2[nH]nc(-c3ccc(C(=O)N4CCC(O)C4)cc3)c2c1)c1c(Cl)cncc1Cl. The second-order valence-corrected chi connectivity index (χ2v) is 9.14. The van der Waals surface area contributed by atoms with E-state index in [4.69, 9.17) is 27.9 Å². The number of rotatable bonds is 5. The first-order chi connectivity index (χ1) is 16.4. The normalized spacial score (nSPS) is 16.7. The highest BCUT2D eigenvalue weighted by Gasteiger charge is 2.25. The monoisotopic (exact) mass is 496 g/mol. The van der Waals surface area contributed by atoms with Crippen molar-refractivity contribution in [2.75, 3.05) is 13.1 Å². The third kappa shape index (κ3) is 4.34. The lowest BCUT2D eigenvalue weighted by molar-refractivity contribution is 0.0765. The number of carbonyl (C=O) groups excluding carboxylic acids is 1. The number of benzene rings is 2. The zero-order valence-corrected chi connectivity index (χ0v) is 19.8. The summed E-state index contributed by atoms with van der Waals surface area (Å²) in [6.07, 6.45) is 2.88. The maximum absolute atomic E-state index is 12.7. The van der Waals surface area contributed by atoms with E-state index in [0.29, 0.717) is 46.4 Å². The molecule has 1 saturated heterocycles. The topological polar surface area (TPSA) is 91.3 Å². The quantitative estimate of drug-likeness (QED) is 0.392. The molecule has 0 bridgehead atoms. The highest BCUT2D eigenvalue weighted by molar-refractivity contribution is 6.35. The number of H-pyrrole nitrogens is 1. The molecule has 2 aromatic heterocycles. The number of nitrogens with one attached hydrogen (secondary N) is 1. The number of halogens is 2. The summed E-state index contributed by atoms with van der Waals surface area (Å²) in [4.78, 5) is 18.3. The molecule has 34 heavy (non-hydrogen) atoms. The molecule has 2 atom stereocenters. The first kappa shape index (κ1) is 22.7. The van der Waals surface area contributed by atoms with Crippen LogP contribution in [-0.4, -0.2) is 50.3 Å². The fourth-order valence-corrected chi connectivity index (χ4v) is 4.91. The van der Waals surface area contributed by atoms with Crippen molar-refractivity contribution in [3.05, 3.63) is 76.0 Å². The number of amides is 1. The van der Waals surface area contributed by atoms with Gasteiger partial charge in [0.1, 0.15) is 17.5 Å². The molecular weight excluding hydrogens is 475 g/mol. The molecular formula is C25H22Cl2N4O3. The zero-order valence-electron chi connectivity index (χ0n) is 18.3. The minimum Gasteiger partial charge on any atom is -0.486 e. The molecule has 9 heteroatoms. The molecule has 1 aliphatic rings. The van der Waals surface area contributed by atoms with E-state index >= 15 is 0 Å². The number of pyridine rings is 1. The van der Waals surface area contributed by atoms with Crippen molar-refractivity contribution in [3.8, 4) is 17.0 Å². The molecule has 0 saturated carbocycles. The number of aromatic nitrogens is 3. The maximum atomic E-state index is 12.7. The molecule has 2 unspecified atom stereocenters. The van der Waals surface area contributed by atoms with Crippen LogP contribution in [0.5, 0.6) is 5.75 Å². The van der Waals surface area contributed by atoms with E-state index in [2.05, 4.69) is 15.2 Å². The second-order valence-electron chi connectivity index (χ2n) is 8.33. The van der Waals surface area contributed by atoms with Crippen LogP contribution >= 0.6 is 23.2 Å². The van der Waals surface area contributed by atoms with Crippen LogP contribution in [0.3, 0.4) is 0 Å². The van der Waals surface area contributed by atoms with E-state index in [1.165, 1.54) is 0 Å². The second kappa shape index (κ2) is 9.25. The van der Waals surface area contributed by atoms with Crippen LogP contribution in [0.2, 0.25) is 10.0 Å². The summed E-state index contributed by atoms with van der Waals surface area (Å²) in [7, 11) is 0. The average Bonchev–Trinajstić information content (AvgIpc) is 3.44. The molecule has 1 amide bonds. The highest BCUT2D eigenvalue weighted by atomic mass is 35.5. The Balaban J connectivity index is 1.39.